The first-order valence-corrected chi connectivity index (χ1v) is 4.40. The first kappa shape index (κ1) is 12.0. The zero-order valence-electron chi connectivity index (χ0n) is 7.95. The van der Waals surface area contributed by atoms with E-state index in [0.717, 1.165) is 6.42 Å². The van der Waals surface area contributed by atoms with Crippen molar-refractivity contribution in [1.29, 1.82) is 0 Å². The SMILES string of the molecule is C=CCOC(=O)NCC(O)CCC. The standard InChI is InChI=1S/C9H17NO3/c1-3-5-8(11)7-10-9(12)13-6-4-2/h4,8,11H,2-3,5-7H2,1H3,(H,10,12). The van der Waals surface area contributed by atoms with Crippen molar-refractivity contribution < 1.29 is 14.6 Å². The number of carbonyl (C=O) groups is 1. The van der Waals surface area contributed by atoms with E-state index in [-0.39, 0.29) is 13.2 Å². The van der Waals surface area contributed by atoms with Gasteiger partial charge in [-0.15, -0.1) is 0 Å². The van der Waals surface area contributed by atoms with Crippen molar-refractivity contribution in [3.63, 3.8) is 0 Å². The summed E-state index contributed by atoms with van der Waals surface area (Å²) in [7, 11) is 0. The molecule has 0 aliphatic rings. The maximum atomic E-state index is 10.8. The molecule has 1 amide bonds. The van der Waals surface area contributed by atoms with Crippen molar-refractivity contribution in [1.82, 2.24) is 5.32 Å². The fourth-order valence-electron chi connectivity index (χ4n) is 0.822. The minimum atomic E-state index is -0.518. The van der Waals surface area contributed by atoms with Crippen LogP contribution in [-0.2, 0) is 4.74 Å². The van der Waals surface area contributed by atoms with Crippen LogP contribution in [0.4, 0.5) is 4.79 Å². The summed E-state index contributed by atoms with van der Waals surface area (Å²) >= 11 is 0. The molecule has 0 heterocycles. The largest absolute Gasteiger partial charge is 0.445 e. The Hall–Kier alpha value is -1.03. The third kappa shape index (κ3) is 7.33. The number of aliphatic hydroxyl groups is 1. The van der Waals surface area contributed by atoms with Gasteiger partial charge in [0, 0.05) is 6.54 Å². The summed E-state index contributed by atoms with van der Waals surface area (Å²) in [4.78, 5) is 10.8. The summed E-state index contributed by atoms with van der Waals surface area (Å²) in [6, 6.07) is 0. The molecule has 0 fully saturated rings. The van der Waals surface area contributed by atoms with Gasteiger partial charge in [-0.3, -0.25) is 0 Å². The van der Waals surface area contributed by atoms with Crippen LogP contribution in [-0.4, -0.2) is 30.5 Å². The molecule has 2 N–H and O–H groups in total. The van der Waals surface area contributed by atoms with E-state index in [0.29, 0.717) is 6.42 Å². The third-order valence-corrected chi connectivity index (χ3v) is 1.44. The highest BCUT2D eigenvalue weighted by Crippen LogP contribution is 1.93. The van der Waals surface area contributed by atoms with E-state index in [2.05, 4.69) is 16.6 Å². The Morgan fingerprint density at radius 1 is 1.77 bits per heavy atom. The average Bonchev–Trinajstić information content (AvgIpc) is 2.12. The second-order valence-electron chi connectivity index (χ2n) is 2.71. The predicted molar refractivity (Wildman–Crippen MR) is 50.5 cm³/mol. The maximum absolute atomic E-state index is 10.8. The van der Waals surface area contributed by atoms with Gasteiger partial charge in [0.25, 0.3) is 0 Å². The van der Waals surface area contributed by atoms with Crippen LogP contribution in [0.3, 0.4) is 0 Å². The monoisotopic (exact) mass is 187 g/mol. The topological polar surface area (TPSA) is 58.6 Å². The molecule has 0 aliphatic carbocycles. The average molecular weight is 187 g/mol. The second kappa shape index (κ2) is 7.61. The summed E-state index contributed by atoms with van der Waals surface area (Å²) in [6.07, 6.45) is 2.06. The normalized spacial score (nSPS) is 11.8. The first-order chi connectivity index (χ1) is 6.20. The van der Waals surface area contributed by atoms with Crippen LogP contribution in [0.2, 0.25) is 0 Å². The highest BCUT2D eigenvalue weighted by atomic mass is 16.5. The number of hydrogen-bond acceptors (Lipinski definition) is 3. The van der Waals surface area contributed by atoms with Crippen LogP contribution in [0.1, 0.15) is 19.8 Å². The van der Waals surface area contributed by atoms with Crippen LogP contribution < -0.4 is 5.32 Å². The Balaban J connectivity index is 3.39. The van der Waals surface area contributed by atoms with Crippen molar-refractivity contribution in [3.05, 3.63) is 12.7 Å². The fourth-order valence-corrected chi connectivity index (χ4v) is 0.822. The zero-order chi connectivity index (χ0) is 10.1. The Morgan fingerprint density at radius 2 is 2.46 bits per heavy atom. The summed E-state index contributed by atoms with van der Waals surface area (Å²) < 4.78 is 4.64. The van der Waals surface area contributed by atoms with Gasteiger partial charge in [0.05, 0.1) is 6.10 Å². The minimum Gasteiger partial charge on any atom is -0.445 e. The molecule has 4 nitrogen and oxygen atoms in total. The Morgan fingerprint density at radius 3 is 3.00 bits per heavy atom. The molecule has 0 aromatic heterocycles. The van der Waals surface area contributed by atoms with E-state index in [1.54, 1.807) is 0 Å². The molecule has 0 saturated carbocycles. The maximum Gasteiger partial charge on any atom is 0.407 e. The lowest BCUT2D eigenvalue weighted by Gasteiger charge is -2.09. The van der Waals surface area contributed by atoms with Crippen molar-refractivity contribution >= 4 is 6.09 Å². The number of amides is 1. The number of carbonyl (C=O) groups excluding carboxylic acids is 1. The fraction of sp³-hybridized carbons (Fsp3) is 0.667. The molecule has 0 rings (SSSR count). The molecule has 0 aliphatic heterocycles. The predicted octanol–water partition coefficient (Wildman–Crippen LogP) is 1.06. The second-order valence-corrected chi connectivity index (χ2v) is 2.71. The lowest BCUT2D eigenvalue weighted by molar-refractivity contribution is 0.134. The van der Waals surface area contributed by atoms with E-state index in [4.69, 9.17) is 0 Å². The molecule has 0 bridgehead atoms. The molecule has 76 valence electrons. The molecule has 13 heavy (non-hydrogen) atoms. The number of ether oxygens (including phenoxy) is 1. The molecule has 0 aromatic carbocycles. The zero-order valence-corrected chi connectivity index (χ0v) is 7.95. The third-order valence-electron chi connectivity index (χ3n) is 1.44. The molecule has 1 atom stereocenters. The summed E-state index contributed by atoms with van der Waals surface area (Å²) in [6.45, 7) is 5.80. The summed E-state index contributed by atoms with van der Waals surface area (Å²) in [5.41, 5.74) is 0. The van der Waals surface area contributed by atoms with Crippen molar-refractivity contribution in [2.75, 3.05) is 13.2 Å². The van der Waals surface area contributed by atoms with Gasteiger partial charge in [0.2, 0.25) is 0 Å². The van der Waals surface area contributed by atoms with Crippen LogP contribution in [0.15, 0.2) is 12.7 Å². The molecule has 1 unspecified atom stereocenters. The molecule has 0 radical (unpaired) electrons. The smallest absolute Gasteiger partial charge is 0.407 e. The molecule has 0 saturated heterocycles. The van der Waals surface area contributed by atoms with E-state index in [9.17, 15) is 9.90 Å². The van der Waals surface area contributed by atoms with E-state index in [1.807, 2.05) is 6.92 Å². The number of hydrogen-bond donors (Lipinski definition) is 2. The Bertz CT molecular complexity index is 159. The highest BCUT2D eigenvalue weighted by molar-refractivity contribution is 5.67. The number of rotatable bonds is 6. The lowest BCUT2D eigenvalue weighted by Crippen LogP contribution is -2.32. The molecule has 4 heteroatoms. The molecular weight excluding hydrogens is 170 g/mol. The number of nitrogens with one attached hydrogen (secondary N) is 1. The molecule has 0 spiro atoms. The summed E-state index contributed by atoms with van der Waals surface area (Å²) in [5, 5.41) is 11.7. The summed E-state index contributed by atoms with van der Waals surface area (Å²) in [5.74, 6) is 0. The van der Waals surface area contributed by atoms with E-state index < -0.39 is 12.2 Å². The minimum absolute atomic E-state index is 0.190. The van der Waals surface area contributed by atoms with Gasteiger partial charge in [0.15, 0.2) is 0 Å². The van der Waals surface area contributed by atoms with Gasteiger partial charge >= 0.3 is 6.09 Å². The van der Waals surface area contributed by atoms with Crippen LogP contribution in [0, 0.1) is 0 Å². The number of aliphatic hydroxyl groups excluding tert-OH is 1. The molecular formula is C9H17NO3. The van der Waals surface area contributed by atoms with Crippen molar-refractivity contribution in [2.45, 2.75) is 25.9 Å². The van der Waals surface area contributed by atoms with Gasteiger partial charge in [-0.1, -0.05) is 26.0 Å². The van der Waals surface area contributed by atoms with Crippen molar-refractivity contribution in [2.24, 2.45) is 0 Å². The Labute approximate surface area is 78.6 Å². The van der Waals surface area contributed by atoms with Gasteiger partial charge in [0.1, 0.15) is 6.61 Å². The van der Waals surface area contributed by atoms with Crippen LogP contribution in [0.25, 0.3) is 0 Å². The Kier molecular flexibility index (Phi) is 7.01. The molecule has 0 aromatic rings. The van der Waals surface area contributed by atoms with Gasteiger partial charge in [-0.2, -0.15) is 0 Å². The van der Waals surface area contributed by atoms with Gasteiger partial charge in [-0.05, 0) is 6.42 Å². The van der Waals surface area contributed by atoms with Crippen LogP contribution in [0.5, 0.6) is 0 Å². The first-order valence-electron chi connectivity index (χ1n) is 4.40. The van der Waals surface area contributed by atoms with Crippen LogP contribution >= 0.6 is 0 Å². The van der Waals surface area contributed by atoms with E-state index in [1.165, 1.54) is 6.08 Å². The number of alkyl carbamates (subject to hydrolysis) is 1. The van der Waals surface area contributed by atoms with Gasteiger partial charge < -0.3 is 15.2 Å². The highest BCUT2D eigenvalue weighted by Gasteiger charge is 2.05. The van der Waals surface area contributed by atoms with Crippen molar-refractivity contribution in [3.8, 4) is 0 Å². The van der Waals surface area contributed by atoms with E-state index >= 15 is 0 Å². The van der Waals surface area contributed by atoms with Gasteiger partial charge in [-0.25, -0.2) is 4.79 Å². The lowest BCUT2D eigenvalue weighted by atomic mass is 10.2. The quantitative estimate of drug-likeness (QED) is 0.611.